The average Bonchev–Trinajstić information content (AvgIpc) is 2.41. The van der Waals surface area contributed by atoms with Gasteiger partial charge in [-0.1, -0.05) is 35.9 Å². The first-order valence-electron chi connectivity index (χ1n) is 6.72. The summed E-state index contributed by atoms with van der Waals surface area (Å²) in [7, 11) is 2.02. The van der Waals surface area contributed by atoms with Crippen molar-refractivity contribution in [1.29, 1.82) is 0 Å². The lowest BCUT2D eigenvalue weighted by Gasteiger charge is -2.22. The van der Waals surface area contributed by atoms with Crippen LogP contribution in [0.1, 0.15) is 18.1 Å². The maximum absolute atomic E-state index is 6.21. The van der Waals surface area contributed by atoms with Crippen LogP contribution in [0.5, 0.6) is 0 Å². The second kappa shape index (κ2) is 6.73. The number of hydrogen-bond donors (Lipinski definition) is 1. The van der Waals surface area contributed by atoms with Gasteiger partial charge in [-0.2, -0.15) is 0 Å². The van der Waals surface area contributed by atoms with E-state index in [0.29, 0.717) is 0 Å². The minimum atomic E-state index is 0.117. The summed E-state index contributed by atoms with van der Waals surface area (Å²) in [5.74, 6) is 0.963. The van der Waals surface area contributed by atoms with Gasteiger partial charge in [-0.3, -0.25) is 0 Å². The second-order valence-electron chi connectivity index (χ2n) is 5.12. The molecule has 0 aliphatic carbocycles. The topological polar surface area (TPSA) is 42.1 Å². The highest BCUT2D eigenvalue weighted by Gasteiger charge is 2.11. The van der Waals surface area contributed by atoms with E-state index in [4.69, 9.17) is 17.3 Å². The van der Waals surface area contributed by atoms with Gasteiger partial charge < -0.3 is 10.6 Å². The first-order chi connectivity index (χ1) is 9.58. The third-order valence-corrected chi connectivity index (χ3v) is 3.51. The van der Waals surface area contributed by atoms with E-state index >= 15 is 0 Å². The number of nitrogens with zero attached hydrogens (tertiary/aromatic N) is 2. The molecule has 1 heterocycles. The van der Waals surface area contributed by atoms with Gasteiger partial charge in [0.15, 0.2) is 0 Å². The smallest absolute Gasteiger partial charge is 0.131 e. The number of aromatic nitrogens is 1. The van der Waals surface area contributed by atoms with E-state index in [1.165, 1.54) is 0 Å². The van der Waals surface area contributed by atoms with Gasteiger partial charge in [0.1, 0.15) is 5.82 Å². The van der Waals surface area contributed by atoms with Crippen molar-refractivity contribution in [3.8, 4) is 0 Å². The van der Waals surface area contributed by atoms with Crippen LogP contribution in [-0.2, 0) is 13.0 Å². The Balaban J connectivity index is 2.21. The summed E-state index contributed by atoms with van der Waals surface area (Å²) in [5, 5.41) is 0.782. The lowest BCUT2D eigenvalue weighted by atomic mass is 10.1. The van der Waals surface area contributed by atoms with Crippen molar-refractivity contribution in [3.63, 3.8) is 0 Å². The van der Waals surface area contributed by atoms with Crippen LogP contribution in [0.3, 0.4) is 0 Å². The maximum atomic E-state index is 6.21. The van der Waals surface area contributed by atoms with Crippen LogP contribution in [0.4, 0.5) is 5.82 Å². The Labute approximate surface area is 125 Å². The van der Waals surface area contributed by atoms with E-state index in [2.05, 4.69) is 16.0 Å². The van der Waals surface area contributed by atoms with Crippen molar-refractivity contribution < 1.29 is 0 Å². The number of hydrogen-bond acceptors (Lipinski definition) is 3. The molecule has 0 fully saturated rings. The van der Waals surface area contributed by atoms with Crippen LogP contribution in [0.25, 0.3) is 0 Å². The molecule has 3 nitrogen and oxygen atoms in total. The van der Waals surface area contributed by atoms with E-state index in [1.807, 2.05) is 50.5 Å². The van der Waals surface area contributed by atoms with Crippen LogP contribution >= 0.6 is 11.6 Å². The quantitative estimate of drug-likeness (QED) is 0.919. The molecule has 106 valence electrons. The van der Waals surface area contributed by atoms with Gasteiger partial charge in [-0.05, 0) is 36.6 Å². The summed E-state index contributed by atoms with van der Waals surface area (Å²) in [4.78, 5) is 6.59. The van der Waals surface area contributed by atoms with Crippen molar-refractivity contribution in [3.05, 3.63) is 58.7 Å². The van der Waals surface area contributed by atoms with Crippen molar-refractivity contribution in [2.75, 3.05) is 11.9 Å². The third kappa shape index (κ3) is 3.71. The van der Waals surface area contributed by atoms with Crippen LogP contribution in [0.15, 0.2) is 42.6 Å². The number of nitrogens with two attached hydrogens (primary N) is 1. The molecule has 0 amide bonds. The molecule has 1 aromatic carbocycles. The zero-order valence-electron chi connectivity index (χ0n) is 11.9. The lowest BCUT2D eigenvalue weighted by Crippen LogP contribution is -2.23. The molecule has 0 bridgehead atoms. The van der Waals surface area contributed by atoms with Gasteiger partial charge in [0, 0.05) is 30.9 Å². The number of rotatable bonds is 5. The Morgan fingerprint density at radius 2 is 1.90 bits per heavy atom. The van der Waals surface area contributed by atoms with E-state index in [0.717, 1.165) is 34.9 Å². The van der Waals surface area contributed by atoms with E-state index in [1.54, 1.807) is 0 Å². The Morgan fingerprint density at radius 3 is 2.60 bits per heavy atom. The summed E-state index contributed by atoms with van der Waals surface area (Å²) >= 11 is 6.21. The van der Waals surface area contributed by atoms with Crippen molar-refractivity contribution >= 4 is 17.4 Å². The first-order valence-corrected chi connectivity index (χ1v) is 7.09. The molecule has 2 rings (SSSR count). The number of pyridine rings is 1. The molecule has 2 N–H and O–H groups in total. The van der Waals surface area contributed by atoms with Crippen LogP contribution in [0.2, 0.25) is 5.02 Å². The average molecular weight is 290 g/mol. The summed E-state index contributed by atoms with van der Waals surface area (Å²) in [6.45, 7) is 2.73. The monoisotopic (exact) mass is 289 g/mol. The molecule has 1 aromatic heterocycles. The van der Waals surface area contributed by atoms with E-state index in [-0.39, 0.29) is 6.04 Å². The normalized spacial score (nSPS) is 12.2. The van der Waals surface area contributed by atoms with Crippen molar-refractivity contribution in [2.45, 2.75) is 25.9 Å². The Bertz CT molecular complexity index is 569. The standard InChI is InChI=1S/C16H20ClN3/c1-12(18)10-13-7-5-9-19-16(13)20(2)11-14-6-3-4-8-15(14)17/h3-9,12H,10-11,18H2,1-2H3. The fraction of sp³-hybridized carbons (Fsp3) is 0.312. The van der Waals surface area contributed by atoms with Crippen LogP contribution < -0.4 is 10.6 Å². The molecule has 20 heavy (non-hydrogen) atoms. The predicted molar refractivity (Wildman–Crippen MR) is 85.1 cm³/mol. The molecule has 0 saturated carbocycles. The minimum Gasteiger partial charge on any atom is -0.355 e. The van der Waals surface area contributed by atoms with E-state index < -0.39 is 0 Å². The second-order valence-corrected chi connectivity index (χ2v) is 5.52. The molecule has 1 unspecified atom stereocenters. The van der Waals surface area contributed by atoms with Crippen molar-refractivity contribution in [2.24, 2.45) is 5.73 Å². The molecule has 0 aliphatic rings. The number of benzene rings is 1. The summed E-state index contributed by atoms with van der Waals surface area (Å²) in [5.41, 5.74) is 8.16. The Morgan fingerprint density at radius 1 is 1.20 bits per heavy atom. The first kappa shape index (κ1) is 14.8. The zero-order valence-corrected chi connectivity index (χ0v) is 12.6. The molecule has 2 aromatic rings. The summed E-state index contributed by atoms with van der Waals surface area (Å²) in [6, 6.07) is 12.0. The molecule has 0 aliphatic heterocycles. The Hall–Kier alpha value is -1.58. The summed E-state index contributed by atoms with van der Waals surface area (Å²) < 4.78 is 0. The minimum absolute atomic E-state index is 0.117. The van der Waals surface area contributed by atoms with Gasteiger partial charge in [-0.25, -0.2) is 4.98 Å². The number of halogens is 1. The zero-order chi connectivity index (χ0) is 14.5. The number of anilines is 1. The molecule has 0 saturated heterocycles. The highest BCUT2D eigenvalue weighted by molar-refractivity contribution is 6.31. The predicted octanol–water partition coefficient (Wildman–Crippen LogP) is 3.26. The van der Waals surface area contributed by atoms with Gasteiger partial charge >= 0.3 is 0 Å². The van der Waals surface area contributed by atoms with Crippen molar-refractivity contribution in [1.82, 2.24) is 4.98 Å². The Kier molecular flexibility index (Phi) is 4.99. The van der Waals surface area contributed by atoms with Gasteiger partial charge in [0.2, 0.25) is 0 Å². The van der Waals surface area contributed by atoms with Gasteiger partial charge in [0.25, 0.3) is 0 Å². The SMILES string of the molecule is CC(N)Cc1cccnc1N(C)Cc1ccccc1Cl. The molecule has 0 radical (unpaired) electrons. The highest BCUT2D eigenvalue weighted by atomic mass is 35.5. The summed E-state index contributed by atoms with van der Waals surface area (Å²) in [6.07, 6.45) is 2.62. The van der Waals surface area contributed by atoms with Gasteiger partial charge in [-0.15, -0.1) is 0 Å². The largest absolute Gasteiger partial charge is 0.355 e. The fourth-order valence-corrected chi connectivity index (χ4v) is 2.43. The van der Waals surface area contributed by atoms with E-state index in [9.17, 15) is 0 Å². The lowest BCUT2D eigenvalue weighted by molar-refractivity contribution is 0.730. The molecule has 1 atom stereocenters. The molecule has 4 heteroatoms. The van der Waals surface area contributed by atoms with Crippen LogP contribution in [-0.4, -0.2) is 18.1 Å². The molecular weight excluding hydrogens is 270 g/mol. The van der Waals surface area contributed by atoms with Crippen LogP contribution in [0, 0.1) is 0 Å². The highest BCUT2D eigenvalue weighted by Crippen LogP contribution is 2.22. The third-order valence-electron chi connectivity index (χ3n) is 3.14. The maximum Gasteiger partial charge on any atom is 0.131 e. The van der Waals surface area contributed by atoms with Gasteiger partial charge in [0.05, 0.1) is 0 Å². The molecular formula is C16H20ClN3. The fourth-order valence-electron chi connectivity index (χ4n) is 2.24. The molecule has 0 spiro atoms.